The summed E-state index contributed by atoms with van der Waals surface area (Å²) in [5, 5.41) is 8.69. The van der Waals surface area contributed by atoms with Gasteiger partial charge in [-0.3, -0.25) is 0 Å². The predicted octanol–water partition coefficient (Wildman–Crippen LogP) is 1.38. The normalized spacial score (nSPS) is 14.3. The van der Waals surface area contributed by atoms with Crippen molar-refractivity contribution in [3.8, 4) is 0 Å². The van der Waals surface area contributed by atoms with Gasteiger partial charge in [-0.05, 0) is 26.2 Å². The summed E-state index contributed by atoms with van der Waals surface area (Å²) >= 11 is 0. The fraction of sp³-hybridized carbons (Fsp3) is 1.00. The van der Waals surface area contributed by atoms with Gasteiger partial charge < -0.3 is 9.66 Å². The van der Waals surface area contributed by atoms with Gasteiger partial charge in [-0.2, -0.15) is 0 Å². The first kappa shape index (κ1) is 26.1. The minimum Gasteiger partial charge on any atom is -0.748 e. The Balaban J connectivity index is 0. The second kappa shape index (κ2) is 16.3. The number of aliphatic hydroxyl groups excluding tert-OH is 1. The van der Waals surface area contributed by atoms with Gasteiger partial charge in [0.2, 0.25) is 0 Å². The molecular weight excluding hydrogens is 323 g/mol. The van der Waals surface area contributed by atoms with Gasteiger partial charge >= 0.3 is 29.6 Å². The molecule has 0 spiro atoms. The fourth-order valence-corrected chi connectivity index (χ4v) is 3.03. The first-order chi connectivity index (χ1) is 10.4. The molecule has 0 fully saturated rings. The zero-order valence-corrected chi connectivity index (χ0v) is 18.2. The maximum Gasteiger partial charge on any atom is 1.00 e. The molecule has 0 aromatic heterocycles. The molecule has 2 atom stereocenters. The fourth-order valence-electron chi connectivity index (χ4n) is 2.57. The predicted molar refractivity (Wildman–Crippen MR) is 90.9 cm³/mol. The van der Waals surface area contributed by atoms with Gasteiger partial charge in [0.05, 0.1) is 16.2 Å². The van der Waals surface area contributed by atoms with Crippen molar-refractivity contribution in [2.24, 2.45) is 0 Å². The average molecular weight is 359 g/mol. The Hall–Kier alpha value is 0.870. The van der Waals surface area contributed by atoms with Crippen LogP contribution in [0.15, 0.2) is 0 Å². The minimum atomic E-state index is -4.09. The number of aliphatic hydroxyl groups is 1. The van der Waals surface area contributed by atoms with Crippen LogP contribution < -0.4 is 29.6 Å². The third-order valence-electron chi connectivity index (χ3n) is 4.36. The van der Waals surface area contributed by atoms with E-state index < -0.39 is 15.4 Å². The van der Waals surface area contributed by atoms with Crippen LogP contribution in [0.4, 0.5) is 0 Å². The van der Waals surface area contributed by atoms with Crippen LogP contribution >= 0.6 is 0 Å². The van der Waals surface area contributed by atoms with Crippen LogP contribution in [0, 0.1) is 0 Å². The summed E-state index contributed by atoms with van der Waals surface area (Å²) in [6.45, 7) is 3.52. The van der Waals surface area contributed by atoms with E-state index in [0.29, 0.717) is 6.42 Å². The maximum atomic E-state index is 10.7. The molecule has 0 aliphatic carbocycles. The molecule has 0 saturated heterocycles. The van der Waals surface area contributed by atoms with Gasteiger partial charge in [0.25, 0.3) is 0 Å². The second-order valence-electron chi connectivity index (χ2n) is 6.48. The Morgan fingerprint density at radius 3 is 1.52 bits per heavy atom. The molecule has 23 heavy (non-hydrogen) atoms. The standard InChI is InChI=1S/C17H36O4S.Na/c1-3-17(18)15-13-11-9-7-5-4-6-8-10-12-14-16(2)22(19,20)21;/h16-18H,3-15H2,1-2H3,(H,19,20,21);/q;+1/p-1. The summed E-state index contributed by atoms with van der Waals surface area (Å²) in [6.07, 6.45) is 13.8. The van der Waals surface area contributed by atoms with Gasteiger partial charge in [-0.25, -0.2) is 8.42 Å². The first-order valence-electron chi connectivity index (χ1n) is 9.00. The Morgan fingerprint density at radius 1 is 0.826 bits per heavy atom. The van der Waals surface area contributed by atoms with Crippen LogP contribution in [0.1, 0.15) is 97.3 Å². The molecule has 4 nitrogen and oxygen atoms in total. The molecule has 0 aliphatic heterocycles. The summed E-state index contributed by atoms with van der Waals surface area (Å²) < 4.78 is 32.2. The molecule has 0 heterocycles. The van der Waals surface area contributed by atoms with E-state index in [-0.39, 0.29) is 35.7 Å². The number of hydrogen-bond acceptors (Lipinski definition) is 4. The van der Waals surface area contributed by atoms with Crippen LogP contribution in [-0.2, 0) is 10.1 Å². The molecule has 0 aromatic carbocycles. The SMILES string of the molecule is CCC(O)CCCCCCCCCCCCC(C)S(=O)(=O)[O-].[Na+]. The van der Waals surface area contributed by atoms with Crippen molar-refractivity contribution in [3.63, 3.8) is 0 Å². The topological polar surface area (TPSA) is 77.4 Å². The van der Waals surface area contributed by atoms with E-state index in [9.17, 15) is 18.1 Å². The molecule has 0 rings (SSSR count). The molecule has 0 radical (unpaired) electrons. The molecule has 0 aromatic rings. The van der Waals surface area contributed by atoms with Gasteiger partial charge in [0, 0.05) is 5.25 Å². The summed E-state index contributed by atoms with van der Waals surface area (Å²) in [5.41, 5.74) is 0. The van der Waals surface area contributed by atoms with E-state index in [1.165, 1.54) is 45.4 Å². The van der Waals surface area contributed by atoms with Crippen LogP contribution in [0.2, 0.25) is 0 Å². The number of hydrogen-bond donors (Lipinski definition) is 1. The molecule has 6 heteroatoms. The smallest absolute Gasteiger partial charge is 0.748 e. The summed E-state index contributed by atoms with van der Waals surface area (Å²) in [4.78, 5) is 0. The van der Waals surface area contributed by atoms with Crippen molar-refractivity contribution in [2.45, 2.75) is 109 Å². The Labute approximate surface area is 165 Å². The van der Waals surface area contributed by atoms with Crippen LogP contribution in [-0.4, -0.2) is 29.4 Å². The molecule has 0 saturated carbocycles. The monoisotopic (exact) mass is 358 g/mol. The summed E-state index contributed by atoms with van der Waals surface area (Å²) in [5.74, 6) is 0. The minimum absolute atomic E-state index is 0. The first-order valence-corrected chi connectivity index (χ1v) is 10.5. The van der Waals surface area contributed by atoms with E-state index >= 15 is 0 Å². The van der Waals surface area contributed by atoms with E-state index in [2.05, 4.69) is 0 Å². The molecule has 0 bridgehead atoms. The quantitative estimate of drug-likeness (QED) is 0.272. The number of unbranched alkanes of at least 4 members (excludes halogenated alkanes) is 9. The Morgan fingerprint density at radius 2 is 1.17 bits per heavy atom. The third kappa shape index (κ3) is 17.5. The van der Waals surface area contributed by atoms with Gasteiger partial charge in [-0.1, -0.05) is 71.1 Å². The van der Waals surface area contributed by atoms with Crippen molar-refractivity contribution in [1.29, 1.82) is 0 Å². The van der Waals surface area contributed by atoms with Gasteiger partial charge in [0.1, 0.15) is 0 Å². The average Bonchev–Trinajstić information content (AvgIpc) is 2.46. The van der Waals surface area contributed by atoms with Crippen molar-refractivity contribution in [2.75, 3.05) is 0 Å². The van der Waals surface area contributed by atoms with Crippen molar-refractivity contribution < 1.29 is 47.6 Å². The van der Waals surface area contributed by atoms with Crippen LogP contribution in [0.3, 0.4) is 0 Å². The second-order valence-corrected chi connectivity index (χ2v) is 8.27. The maximum absolute atomic E-state index is 10.7. The summed E-state index contributed by atoms with van der Waals surface area (Å²) in [6, 6.07) is 0. The van der Waals surface area contributed by atoms with Crippen molar-refractivity contribution in [1.82, 2.24) is 0 Å². The molecule has 134 valence electrons. The molecular formula is C17H35NaO4S. The van der Waals surface area contributed by atoms with Crippen molar-refractivity contribution >= 4 is 10.1 Å². The van der Waals surface area contributed by atoms with Gasteiger partial charge in [-0.15, -0.1) is 0 Å². The summed E-state index contributed by atoms with van der Waals surface area (Å²) in [7, 11) is -4.09. The largest absolute Gasteiger partial charge is 1.00 e. The van der Waals surface area contributed by atoms with Crippen LogP contribution in [0.5, 0.6) is 0 Å². The van der Waals surface area contributed by atoms with E-state index in [1.807, 2.05) is 6.92 Å². The van der Waals surface area contributed by atoms with Gasteiger partial charge in [0.15, 0.2) is 0 Å². The molecule has 1 N–H and O–H groups in total. The molecule has 0 amide bonds. The Bertz CT molecular complexity index is 347. The number of rotatable bonds is 15. The Kier molecular flexibility index (Phi) is 18.5. The third-order valence-corrected chi connectivity index (χ3v) is 5.58. The van der Waals surface area contributed by atoms with E-state index in [1.54, 1.807) is 0 Å². The van der Waals surface area contributed by atoms with E-state index in [4.69, 9.17) is 0 Å². The zero-order valence-electron chi connectivity index (χ0n) is 15.4. The van der Waals surface area contributed by atoms with Crippen LogP contribution in [0.25, 0.3) is 0 Å². The zero-order chi connectivity index (χ0) is 16.8. The van der Waals surface area contributed by atoms with Crippen molar-refractivity contribution in [3.05, 3.63) is 0 Å². The molecule has 2 unspecified atom stereocenters. The molecule has 0 aliphatic rings. The van der Waals surface area contributed by atoms with E-state index in [0.717, 1.165) is 38.5 Å².